The van der Waals surface area contributed by atoms with Crippen molar-refractivity contribution in [2.75, 3.05) is 20.6 Å². The third-order valence-corrected chi connectivity index (χ3v) is 0.805. The molecule has 0 atom stereocenters. The largest absolute Gasteiger partial charge is 1.00 e. The standard InChI is InChI=1S/C7H14N.Li/c1-7(2)5-6-8(3)4;/h5H,1,6H2,2-4H3;/q-1;+1/b7-5-;. The summed E-state index contributed by atoms with van der Waals surface area (Å²) < 4.78 is 0. The fourth-order valence-electron chi connectivity index (χ4n) is 0.338. The van der Waals surface area contributed by atoms with Crippen LogP contribution in [0, 0.1) is 6.92 Å². The van der Waals surface area contributed by atoms with Gasteiger partial charge in [-0.1, -0.05) is 6.92 Å². The summed E-state index contributed by atoms with van der Waals surface area (Å²) in [6, 6.07) is 0. The van der Waals surface area contributed by atoms with E-state index in [-0.39, 0.29) is 18.9 Å². The van der Waals surface area contributed by atoms with E-state index in [9.17, 15) is 0 Å². The van der Waals surface area contributed by atoms with Crippen LogP contribution in [0.15, 0.2) is 11.6 Å². The molecule has 9 heavy (non-hydrogen) atoms. The van der Waals surface area contributed by atoms with Crippen molar-refractivity contribution >= 4 is 0 Å². The number of likely N-dealkylation sites (N-methyl/N-ethyl adjacent to an activating group) is 1. The molecule has 0 aliphatic rings. The maximum Gasteiger partial charge on any atom is 1.00 e. The molecule has 0 unspecified atom stereocenters. The van der Waals surface area contributed by atoms with E-state index in [1.54, 1.807) is 0 Å². The number of hydrogen-bond acceptors (Lipinski definition) is 1. The van der Waals surface area contributed by atoms with Gasteiger partial charge in [0.25, 0.3) is 0 Å². The number of rotatable bonds is 2. The van der Waals surface area contributed by atoms with E-state index in [1.165, 1.54) is 0 Å². The fraction of sp³-hybridized carbons (Fsp3) is 0.571. The van der Waals surface area contributed by atoms with E-state index >= 15 is 0 Å². The molecule has 2 heteroatoms. The minimum absolute atomic E-state index is 0. The Balaban J connectivity index is 0. The van der Waals surface area contributed by atoms with Gasteiger partial charge in [-0.3, -0.25) is 0 Å². The molecule has 0 radical (unpaired) electrons. The van der Waals surface area contributed by atoms with Crippen LogP contribution in [0.3, 0.4) is 0 Å². The van der Waals surface area contributed by atoms with Gasteiger partial charge in [0.15, 0.2) is 0 Å². The fourth-order valence-corrected chi connectivity index (χ4v) is 0.338. The van der Waals surface area contributed by atoms with Crippen molar-refractivity contribution in [1.82, 2.24) is 4.90 Å². The van der Waals surface area contributed by atoms with Crippen LogP contribution in [0.2, 0.25) is 0 Å². The van der Waals surface area contributed by atoms with Crippen molar-refractivity contribution in [3.05, 3.63) is 18.6 Å². The Hall–Kier alpha value is 0.167. The summed E-state index contributed by atoms with van der Waals surface area (Å²) in [4.78, 5) is 2.11. The van der Waals surface area contributed by atoms with Gasteiger partial charge >= 0.3 is 18.9 Å². The molecule has 48 valence electrons. The molecule has 0 rings (SSSR count). The van der Waals surface area contributed by atoms with E-state index in [4.69, 9.17) is 0 Å². The molecule has 0 aromatic carbocycles. The number of hydrogen-bond donors (Lipinski definition) is 0. The van der Waals surface area contributed by atoms with Gasteiger partial charge in [-0.05, 0) is 20.6 Å². The van der Waals surface area contributed by atoms with Gasteiger partial charge in [-0.25, -0.2) is 18.6 Å². The minimum atomic E-state index is 0. The van der Waals surface area contributed by atoms with Crippen molar-refractivity contribution in [1.29, 1.82) is 0 Å². The van der Waals surface area contributed by atoms with Gasteiger partial charge in [0.1, 0.15) is 0 Å². The molecule has 0 saturated heterocycles. The van der Waals surface area contributed by atoms with Crippen LogP contribution >= 0.6 is 0 Å². The predicted molar refractivity (Wildman–Crippen MR) is 37.7 cm³/mol. The van der Waals surface area contributed by atoms with Gasteiger partial charge in [0.05, 0.1) is 0 Å². The van der Waals surface area contributed by atoms with E-state index in [2.05, 4.69) is 17.9 Å². The first kappa shape index (κ1) is 11.9. The topological polar surface area (TPSA) is 3.24 Å². The minimum Gasteiger partial charge on any atom is -0.322 e. The Labute approximate surface area is 70.3 Å². The molecular formula is C7H14LiN. The molecule has 0 bridgehead atoms. The third-order valence-electron chi connectivity index (χ3n) is 0.805. The summed E-state index contributed by atoms with van der Waals surface area (Å²) in [6.07, 6.45) is 2.10. The zero-order chi connectivity index (χ0) is 6.57. The second kappa shape index (κ2) is 6.29. The molecule has 0 aromatic heterocycles. The van der Waals surface area contributed by atoms with Crippen LogP contribution in [-0.4, -0.2) is 25.5 Å². The molecule has 0 N–H and O–H groups in total. The molecule has 0 heterocycles. The predicted octanol–water partition coefficient (Wildman–Crippen LogP) is -1.67. The van der Waals surface area contributed by atoms with Crippen molar-refractivity contribution < 1.29 is 18.9 Å². The van der Waals surface area contributed by atoms with E-state index in [0.29, 0.717) is 0 Å². The summed E-state index contributed by atoms with van der Waals surface area (Å²) in [5, 5.41) is 0. The zero-order valence-electron chi connectivity index (χ0n) is 6.94. The van der Waals surface area contributed by atoms with Gasteiger partial charge in [0, 0.05) is 0 Å². The molecule has 0 aliphatic heterocycles. The Bertz CT molecular complexity index is 82.9. The average Bonchev–Trinajstić information content (AvgIpc) is 1.61. The molecular weight excluding hydrogens is 105 g/mol. The smallest absolute Gasteiger partial charge is 0.322 e. The van der Waals surface area contributed by atoms with E-state index in [0.717, 1.165) is 12.1 Å². The first-order valence-electron chi connectivity index (χ1n) is 2.76. The van der Waals surface area contributed by atoms with Crippen LogP contribution in [0.4, 0.5) is 0 Å². The summed E-state index contributed by atoms with van der Waals surface area (Å²) in [5.41, 5.74) is 1.14. The Kier molecular flexibility index (Phi) is 8.32. The molecule has 0 aromatic rings. The second-order valence-corrected chi connectivity index (χ2v) is 2.31. The second-order valence-electron chi connectivity index (χ2n) is 2.31. The van der Waals surface area contributed by atoms with Crippen LogP contribution in [-0.2, 0) is 0 Å². The molecule has 1 nitrogen and oxygen atoms in total. The Morgan fingerprint density at radius 2 is 2.00 bits per heavy atom. The van der Waals surface area contributed by atoms with Gasteiger partial charge < -0.3 is 4.90 Å². The molecule has 0 amide bonds. The van der Waals surface area contributed by atoms with Crippen molar-refractivity contribution in [3.63, 3.8) is 0 Å². The maximum atomic E-state index is 3.74. The summed E-state index contributed by atoms with van der Waals surface area (Å²) >= 11 is 0. The Morgan fingerprint density at radius 3 is 2.11 bits per heavy atom. The molecule has 0 spiro atoms. The first-order valence-corrected chi connectivity index (χ1v) is 2.76. The monoisotopic (exact) mass is 119 g/mol. The normalized spacial score (nSPS) is 11.3. The summed E-state index contributed by atoms with van der Waals surface area (Å²) in [5.74, 6) is 0. The first-order chi connectivity index (χ1) is 3.63. The van der Waals surface area contributed by atoms with E-state index < -0.39 is 0 Å². The Morgan fingerprint density at radius 1 is 1.56 bits per heavy atom. The molecule has 0 fully saturated rings. The maximum absolute atomic E-state index is 3.74. The van der Waals surface area contributed by atoms with Crippen molar-refractivity contribution in [2.24, 2.45) is 0 Å². The van der Waals surface area contributed by atoms with Crippen LogP contribution in [0.25, 0.3) is 0 Å². The van der Waals surface area contributed by atoms with E-state index in [1.807, 2.05) is 21.0 Å². The van der Waals surface area contributed by atoms with Crippen LogP contribution < -0.4 is 18.9 Å². The molecule has 0 aliphatic carbocycles. The average molecular weight is 119 g/mol. The van der Waals surface area contributed by atoms with Crippen LogP contribution in [0.5, 0.6) is 0 Å². The van der Waals surface area contributed by atoms with Crippen molar-refractivity contribution in [3.8, 4) is 0 Å². The van der Waals surface area contributed by atoms with Crippen molar-refractivity contribution in [2.45, 2.75) is 6.92 Å². The number of allylic oxidation sites excluding steroid dienone is 1. The summed E-state index contributed by atoms with van der Waals surface area (Å²) in [6.45, 7) is 6.74. The van der Waals surface area contributed by atoms with Gasteiger partial charge in [-0.15, -0.1) is 0 Å². The van der Waals surface area contributed by atoms with Gasteiger partial charge in [-0.2, -0.15) is 0 Å². The number of nitrogens with zero attached hydrogens (tertiary/aromatic N) is 1. The van der Waals surface area contributed by atoms with Gasteiger partial charge in [0.2, 0.25) is 0 Å². The molecule has 0 saturated carbocycles. The van der Waals surface area contributed by atoms with Crippen LogP contribution in [0.1, 0.15) is 6.92 Å². The third kappa shape index (κ3) is 11.6. The summed E-state index contributed by atoms with van der Waals surface area (Å²) in [7, 11) is 4.08. The SMILES string of the molecule is [CH2-]/C(C)=C/CN(C)C.[Li+]. The quantitative estimate of drug-likeness (QED) is 0.310. The zero-order valence-corrected chi connectivity index (χ0v) is 6.94.